The molecule has 15 heavy (non-hydrogen) atoms. The van der Waals surface area contributed by atoms with Gasteiger partial charge >= 0.3 is 11.9 Å². The number of esters is 2. The van der Waals surface area contributed by atoms with Crippen LogP contribution >= 0.6 is 0 Å². The molecule has 4 nitrogen and oxygen atoms in total. The highest BCUT2D eigenvalue weighted by Gasteiger charge is 2.21. The van der Waals surface area contributed by atoms with Gasteiger partial charge in [0.1, 0.15) is 0 Å². The van der Waals surface area contributed by atoms with Crippen LogP contribution in [0.4, 0.5) is 0 Å². The number of rotatable bonds is 3. The van der Waals surface area contributed by atoms with Crippen molar-refractivity contribution >= 4 is 11.9 Å². The first kappa shape index (κ1) is 11.8. The number of hydrogen-bond donors (Lipinski definition) is 0. The Bertz CT molecular complexity index is 264. The fourth-order valence-electron chi connectivity index (χ4n) is 1.55. The minimum absolute atomic E-state index is 0.437. The Morgan fingerprint density at radius 3 is 2.20 bits per heavy atom. The predicted octanol–water partition coefficient (Wildman–Crippen LogP) is 1.94. The van der Waals surface area contributed by atoms with Gasteiger partial charge in [-0.3, -0.25) is 9.59 Å². The third kappa shape index (κ3) is 4.14. The molecular weight excluding hydrogens is 196 g/mol. The summed E-state index contributed by atoms with van der Waals surface area (Å²) in [5.74, 6) is -0.875. The zero-order valence-electron chi connectivity index (χ0n) is 9.12. The number of carbonyl (C=O) groups is 2. The van der Waals surface area contributed by atoms with Gasteiger partial charge in [0.05, 0.1) is 0 Å². The Hall–Kier alpha value is -1.32. The molecule has 0 atom stereocenters. The van der Waals surface area contributed by atoms with Gasteiger partial charge < -0.3 is 9.47 Å². The second kappa shape index (κ2) is 5.53. The quantitative estimate of drug-likeness (QED) is 0.407. The van der Waals surface area contributed by atoms with E-state index in [0.717, 1.165) is 31.3 Å². The molecule has 0 saturated carbocycles. The van der Waals surface area contributed by atoms with Gasteiger partial charge in [0, 0.05) is 19.4 Å². The van der Waals surface area contributed by atoms with Crippen molar-refractivity contribution in [1.82, 2.24) is 0 Å². The minimum atomic E-state index is -0.819. The Balaban J connectivity index is 2.65. The zero-order chi connectivity index (χ0) is 11.3. The fourth-order valence-corrected chi connectivity index (χ4v) is 1.55. The van der Waals surface area contributed by atoms with Crippen molar-refractivity contribution in [2.45, 2.75) is 45.8 Å². The van der Waals surface area contributed by atoms with Crippen LogP contribution in [0.2, 0.25) is 0 Å². The molecule has 0 spiro atoms. The summed E-state index contributed by atoms with van der Waals surface area (Å²) in [6.45, 7) is 2.61. The molecule has 0 aromatic carbocycles. The van der Waals surface area contributed by atoms with Crippen molar-refractivity contribution in [2.75, 3.05) is 0 Å². The fraction of sp³-hybridized carbons (Fsp3) is 0.636. The van der Waals surface area contributed by atoms with Crippen molar-refractivity contribution in [2.24, 2.45) is 0 Å². The van der Waals surface area contributed by atoms with Crippen LogP contribution in [0.15, 0.2) is 11.6 Å². The molecule has 0 bridgehead atoms. The van der Waals surface area contributed by atoms with E-state index in [0.29, 0.717) is 0 Å². The molecule has 1 aliphatic carbocycles. The van der Waals surface area contributed by atoms with E-state index in [1.807, 2.05) is 6.08 Å². The lowest BCUT2D eigenvalue weighted by Gasteiger charge is -2.21. The molecule has 4 heteroatoms. The molecule has 0 saturated heterocycles. The molecule has 0 aliphatic heterocycles. The van der Waals surface area contributed by atoms with Gasteiger partial charge in [-0.15, -0.1) is 0 Å². The average Bonchev–Trinajstić information content (AvgIpc) is 2.17. The monoisotopic (exact) mass is 212 g/mol. The number of ether oxygens (including phenoxy) is 2. The Morgan fingerprint density at radius 2 is 1.80 bits per heavy atom. The SMILES string of the molecule is CC(=O)OC(OC(C)=O)C1=CCCCC1. The maximum Gasteiger partial charge on any atom is 0.305 e. The maximum absolute atomic E-state index is 10.8. The van der Waals surface area contributed by atoms with Gasteiger partial charge in [0.15, 0.2) is 0 Å². The van der Waals surface area contributed by atoms with E-state index >= 15 is 0 Å². The van der Waals surface area contributed by atoms with Crippen molar-refractivity contribution in [3.63, 3.8) is 0 Å². The molecule has 0 fully saturated rings. The third-order valence-electron chi connectivity index (χ3n) is 2.17. The van der Waals surface area contributed by atoms with Crippen LogP contribution < -0.4 is 0 Å². The number of hydrogen-bond acceptors (Lipinski definition) is 4. The molecule has 0 aromatic rings. The van der Waals surface area contributed by atoms with Gasteiger partial charge in [-0.25, -0.2) is 0 Å². The van der Waals surface area contributed by atoms with E-state index < -0.39 is 18.2 Å². The van der Waals surface area contributed by atoms with E-state index in [1.54, 1.807) is 0 Å². The topological polar surface area (TPSA) is 52.6 Å². The van der Waals surface area contributed by atoms with Gasteiger partial charge in [0.25, 0.3) is 6.29 Å². The summed E-state index contributed by atoms with van der Waals surface area (Å²) < 4.78 is 9.90. The van der Waals surface area contributed by atoms with E-state index in [-0.39, 0.29) is 0 Å². The summed E-state index contributed by atoms with van der Waals surface area (Å²) in [4.78, 5) is 21.7. The van der Waals surface area contributed by atoms with Crippen LogP contribution in [0.3, 0.4) is 0 Å². The molecule has 0 amide bonds. The van der Waals surface area contributed by atoms with Crippen molar-refractivity contribution in [3.8, 4) is 0 Å². The molecule has 1 aliphatic rings. The highest BCUT2D eigenvalue weighted by Crippen LogP contribution is 2.23. The lowest BCUT2D eigenvalue weighted by molar-refractivity contribution is -0.178. The molecule has 0 N–H and O–H groups in total. The standard InChI is InChI=1S/C11H16O4/c1-8(12)14-11(15-9(2)13)10-6-4-3-5-7-10/h6,11H,3-5,7H2,1-2H3. The molecule has 0 radical (unpaired) electrons. The van der Waals surface area contributed by atoms with Crippen molar-refractivity contribution in [1.29, 1.82) is 0 Å². The molecule has 84 valence electrons. The summed E-state index contributed by atoms with van der Waals surface area (Å²) in [5, 5.41) is 0. The van der Waals surface area contributed by atoms with Gasteiger partial charge in [-0.05, 0) is 25.7 Å². The second-order valence-electron chi connectivity index (χ2n) is 3.58. The molecular formula is C11H16O4. The van der Waals surface area contributed by atoms with Crippen molar-refractivity contribution < 1.29 is 19.1 Å². The van der Waals surface area contributed by atoms with Gasteiger partial charge in [0.2, 0.25) is 0 Å². The Labute approximate surface area is 89.2 Å². The maximum atomic E-state index is 10.8. The van der Waals surface area contributed by atoms with Crippen LogP contribution in [0.1, 0.15) is 39.5 Å². The second-order valence-corrected chi connectivity index (χ2v) is 3.58. The first-order valence-electron chi connectivity index (χ1n) is 5.13. The molecule has 0 unspecified atom stereocenters. The van der Waals surface area contributed by atoms with Crippen LogP contribution in [0.5, 0.6) is 0 Å². The number of carbonyl (C=O) groups excluding carboxylic acids is 2. The highest BCUT2D eigenvalue weighted by molar-refractivity contribution is 5.68. The summed E-state index contributed by atoms with van der Waals surface area (Å²) in [5.41, 5.74) is 0.895. The van der Waals surface area contributed by atoms with Gasteiger partial charge in [-0.2, -0.15) is 0 Å². The normalized spacial score (nSPS) is 15.8. The lowest BCUT2D eigenvalue weighted by atomic mass is 9.99. The van der Waals surface area contributed by atoms with Crippen LogP contribution in [-0.4, -0.2) is 18.2 Å². The van der Waals surface area contributed by atoms with E-state index in [1.165, 1.54) is 13.8 Å². The molecule has 0 aromatic heterocycles. The smallest absolute Gasteiger partial charge is 0.305 e. The summed E-state index contributed by atoms with van der Waals surface area (Å²) in [6, 6.07) is 0. The minimum Gasteiger partial charge on any atom is -0.421 e. The van der Waals surface area contributed by atoms with Crippen molar-refractivity contribution in [3.05, 3.63) is 11.6 Å². The highest BCUT2D eigenvalue weighted by atomic mass is 16.7. The predicted molar refractivity (Wildman–Crippen MR) is 53.9 cm³/mol. The average molecular weight is 212 g/mol. The zero-order valence-corrected chi connectivity index (χ0v) is 9.12. The van der Waals surface area contributed by atoms with E-state index in [9.17, 15) is 9.59 Å². The number of allylic oxidation sites excluding steroid dienone is 1. The van der Waals surface area contributed by atoms with Crippen LogP contribution in [-0.2, 0) is 19.1 Å². The lowest BCUT2D eigenvalue weighted by Crippen LogP contribution is -2.25. The summed E-state index contributed by atoms with van der Waals surface area (Å²) >= 11 is 0. The van der Waals surface area contributed by atoms with Crippen LogP contribution in [0, 0.1) is 0 Å². The summed E-state index contributed by atoms with van der Waals surface area (Å²) in [6.07, 6.45) is 5.13. The van der Waals surface area contributed by atoms with E-state index in [4.69, 9.17) is 9.47 Å². The molecule has 1 rings (SSSR count). The Kier molecular flexibility index (Phi) is 4.34. The van der Waals surface area contributed by atoms with Gasteiger partial charge in [-0.1, -0.05) is 6.08 Å². The molecule has 0 heterocycles. The Morgan fingerprint density at radius 1 is 1.20 bits per heavy atom. The van der Waals surface area contributed by atoms with E-state index in [2.05, 4.69) is 0 Å². The summed E-state index contributed by atoms with van der Waals surface area (Å²) in [7, 11) is 0. The first-order chi connectivity index (χ1) is 7.09. The first-order valence-corrected chi connectivity index (χ1v) is 5.13. The third-order valence-corrected chi connectivity index (χ3v) is 2.17. The largest absolute Gasteiger partial charge is 0.421 e. The van der Waals surface area contributed by atoms with Crippen LogP contribution in [0.25, 0.3) is 0 Å².